The highest BCUT2D eigenvalue weighted by molar-refractivity contribution is 5.94. The third-order valence-electron chi connectivity index (χ3n) is 3.77. The number of carbonyl (C=O) groups is 1. The summed E-state index contributed by atoms with van der Waals surface area (Å²) in [6.45, 7) is 0.279. The molecule has 0 aliphatic rings. The van der Waals surface area contributed by atoms with Gasteiger partial charge in [0.15, 0.2) is 0 Å². The molecule has 0 fully saturated rings. The lowest BCUT2D eigenvalue weighted by atomic mass is 10.1. The van der Waals surface area contributed by atoms with Gasteiger partial charge in [-0.1, -0.05) is 0 Å². The number of amides is 1. The Morgan fingerprint density at radius 2 is 2.25 bits per heavy atom. The quantitative estimate of drug-likeness (QED) is 0.380. The fourth-order valence-electron chi connectivity index (χ4n) is 2.44. The summed E-state index contributed by atoms with van der Waals surface area (Å²) in [7, 11) is 1.53. The van der Waals surface area contributed by atoms with Gasteiger partial charge >= 0.3 is 5.69 Å². The predicted molar refractivity (Wildman–Crippen MR) is 100 cm³/mol. The monoisotopic (exact) mass is 380 g/mol. The Bertz CT molecular complexity index is 1020. The average Bonchev–Trinajstić information content (AvgIpc) is 3.18. The van der Waals surface area contributed by atoms with Crippen LogP contribution in [0.3, 0.4) is 0 Å². The van der Waals surface area contributed by atoms with Crippen LogP contribution in [0.1, 0.15) is 21.5 Å². The predicted octanol–water partition coefficient (Wildman–Crippen LogP) is 2.01. The molecule has 0 saturated heterocycles. The first-order chi connectivity index (χ1) is 13.6. The van der Waals surface area contributed by atoms with Crippen molar-refractivity contribution in [2.45, 2.75) is 6.54 Å². The van der Waals surface area contributed by atoms with Crippen LogP contribution in [-0.4, -0.2) is 38.9 Å². The summed E-state index contributed by atoms with van der Waals surface area (Å²) in [6.07, 6.45) is 7.04. The van der Waals surface area contributed by atoms with Crippen LogP contribution in [0, 0.1) is 10.1 Å². The molecule has 0 atom stereocenters. The number of nitrogens with one attached hydrogen (secondary N) is 1. The zero-order chi connectivity index (χ0) is 19.9. The Morgan fingerprint density at radius 1 is 1.39 bits per heavy atom. The summed E-state index contributed by atoms with van der Waals surface area (Å²) < 4.78 is 6.78. The maximum Gasteiger partial charge on any atom is 0.307 e. The highest BCUT2D eigenvalue weighted by Crippen LogP contribution is 2.21. The molecule has 10 nitrogen and oxygen atoms in total. The first-order valence-electron chi connectivity index (χ1n) is 8.14. The van der Waals surface area contributed by atoms with E-state index in [1.807, 2.05) is 0 Å². The van der Waals surface area contributed by atoms with Gasteiger partial charge in [0.2, 0.25) is 0 Å². The van der Waals surface area contributed by atoms with Crippen molar-refractivity contribution in [3.05, 3.63) is 81.9 Å². The van der Waals surface area contributed by atoms with E-state index in [1.54, 1.807) is 36.5 Å². The highest BCUT2D eigenvalue weighted by Gasteiger charge is 2.11. The second kappa shape index (κ2) is 8.54. The lowest BCUT2D eigenvalue weighted by Gasteiger charge is -2.09. The number of nitrogens with zero attached hydrogens (tertiary/aromatic N) is 5. The molecule has 0 aliphatic heterocycles. The smallest absolute Gasteiger partial charge is 0.307 e. The molecule has 0 bridgehead atoms. The topological polar surface area (TPSA) is 125 Å². The Balaban J connectivity index is 1.72. The molecule has 3 aromatic rings. The van der Waals surface area contributed by atoms with Crippen LogP contribution in [0.5, 0.6) is 5.75 Å². The van der Waals surface area contributed by atoms with Crippen LogP contribution < -0.4 is 10.2 Å². The number of ether oxygens (including phenoxy) is 1. The minimum absolute atomic E-state index is 0.0881. The zero-order valence-electron chi connectivity index (χ0n) is 14.8. The van der Waals surface area contributed by atoms with Gasteiger partial charge in [-0.05, 0) is 35.9 Å². The Kier molecular flexibility index (Phi) is 5.70. The van der Waals surface area contributed by atoms with Gasteiger partial charge in [-0.15, -0.1) is 0 Å². The van der Waals surface area contributed by atoms with Crippen molar-refractivity contribution >= 4 is 17.8 Å². The molecule has 1 aromatic carbocycles. The molecule has 3 rings (SSSR count). The fourth-order valence-corrected chi connectivity index (χ4v) is 2.44. The molecule has 0 aliphatic carbocycles. The summed E-state index contributed by atoms with van der Waals surface area (Å²) in [4.78, 5) is 26.1. The Labute approximate surface area is 159 Å². The SMILES string of the molecule is COc1ccc(C=NNC(=O)c2cccnc2)cc1Cn1cc([N+](=O)[O-])cn1. The number of hydrogen-bond acceptors (Lipinski definition) is 7. The second-order valence-corrected chi connectivity index (χ2v) is 5.67. The summed E-state index contributed by atoms with van der Waals surface area (Å²) in [6, 6.07) is 8.61. The molecule has 2 aromatic heterocycles. The van der Waals surface area contributed by atoms with E-state index >= 15 is 0 Å². The van der Waals surface area contributed by atoms with Gasteiger partial charge < -0.3 is 4.74 Å². The number of hydrazone groups is 1. The Morgan fingerprint density at radius 3 is 2.93 bits per heavy atom. The van der Waals surface area contributed by atoms with Crippen molar-refractivity contribution in [1.29, 1.82) is 0 Å². The molecular weight excluding hydrogens is 364 g/mol. The number of rotatable bonds is 7. The summed E-state index contributed by atoms with van der Waals surface area (Å²) in [5, 5.41) is 18.7. The van der Waals surface area contributed by atoms with E-state index in [-0.39, 0.29) is 18.1 Å². The molecular formula is C18H16N6O4. The normalized spacial score (nSPS) is 10.8. The number of aromatic nitrogens is 3. The van der Waals surface area contributed by atoms with Gasteiger partial charge in [0.25, 0.3) is 5.91 Å². The standard InChI is InChI=1S/C18H16N6O4/c1-28-17-5-4-13(8-20-22-18(25)14-3-2-6-19-9-14)7-15(17)11-23-12-16(10-21-23)24(26)27/h2-10,12H,11H2,1H3,(H,22,25). The zero-order valence-corrected chi connectivity index (χ0v) is 14.8. The molecule has 2 heterocycles. The summed E-state index contributed by atoms with van der Waals surface area (Å²) in [5.74, 6) is 0.233. The highest BCUT2D eigenvalue weighted by atomic mass is 16.6. The van der Waals surface area contributed by atoms with Crippen molar-refractivity contribution < 1.29 is 14.5 Å². The van der Waals surface area contributed by atoms with Crippen LogP contribution in [0.4, 0.5) is 5.69 Å². The minimum Gasteiger partial charge on any atom is -0.496 e. The number of pyridine rings is 1. The van der Waals surface area contributed by atoms with Gasteiger partial charge in [0, 0.05) is 18.0 Å². The third kappa shape index (κ3) is 4.55. The molecule has 1 N–H and O–H groups in total. The maximum absolute atomic E-state index is 11.9. The van der Waals surface area contributed by atoms with E-state index < -0.39 is 4.92 Å². The van der Waals surface area contributed by atoms with Crippen LogP contribution in [0.15, 0.2) is 60.2 Å². The summed E-state index contributed by atoms with van der Waals surface area (Å²) >= 11 is 0. The first-order valence-corrected chi connectivity index (χ1v) is 8.14. The van der Waals surface area contributed by atoms with Crippen molar-refractivity contribution in [3.8, 4) is 5.75 Å². The van der Waals surface area contributed by atoms with Crippen LogP contribution in [0.2, 0.25) is 0 Å². The van der Waals surface area contributed by atoms with E-state index in [1.165, 1.54) is 36.6 Å². The lowest BCUT2D eigenvalue weighted by molar-refractivity contribution is -0.385. The maximum atomic E-state index is 11.9. The molecule has 0 radical (unpaired) electrons. The van der Waals surface area contributed by atoms with E-state index in [4.69, 9.17) is 4.74 Å². The van der Waals surface area contributed by atoms with Crippen LogP contribution >= 0.6 is 0 Å². The largest absolute Gasteiger partial charge is 0.496 e. The lowest BCUT2D eigenvalue weighted by Crippen LogP contribution is -2.17. The van der Waals surface area contributed by atoms with Gasteiger partial charge in [-0.2, -0.15) is 10.2 Å². The van der Waals surface area contributed by atoms with E-state index in [0.29, 0.717) is 16.9 Å². The fraction of sp³-hybridized carbons (Fsp3) is 0.111. The van der Waals surface area contributed by atoms with Crippen molar-refractivity contribution in [3.63, 3.8) is 0 Å². The molecule has 28 heavy (non-hydrogen) atoms. The van der Waals surface area contributed by atoms with Crippen molar-refractivity contribution in [2.24, 2.45) is 5.10 Å². The van der Waals surface area contributed by atoms with E-state index in [2.05, 4.69) is 20.6 Å². The van der Waals surface area contributed by atoms with Crippen molar-refractivity contribution in [1.82, 2.24) is 20.2 Å². The number of hydrogen-bond donors (Lipinski definition) is 1. The number of methoxy groups -OCH3 is 1. The van der Waals surface area contributed by atoms with Crippen LogP contribution in [-0.2, 0) is 6.54 Å². The minimum atomic E-state index is -0.505. The number of carbonyl (C=O) groups excluding carboxylic acids is 1. The van der Waals surface area contributed by atoms with Crippen molar-refractivity contribution in [2.75, 3.05) is 7.11 Å². The molecule has 10 heteroatoms. The Hall–Kier alpha value is -4.08. The van der Waals surface area contributed by atoms with Gasteiger partial charge in [0.1, 0.15) is 18.1 Å². The molecule has 0 spiro atoms. The van der Waals surface area contributed by atoms with E-state index in [9.17, 15) is 14.9 Å². The number of nitro groups is 1. The second-order valence-electron chi connectivity index (χ2n) is 5.67. The molecule has 142 valence electrons. The van der Waals surface area contributed by atoms with E-state index in [0.717, 1.165) is 5.56 Å². The molecule has 0 saturated carbocycles. The summed E-state index contributed by atoms with van der Waals surface area (Å²) in [5.41, 5.74) is 4.20. The van der Waals surface area contributed by atoms with Gasteiger partial charge in [0.05, 0.1) is 30.4 Å². The number of benzene rings is 1. The first kappa shape index (κ1) is 18.7. The third-order valence-corrected chi connectivity index (χ3v) is 3.77. The molecule has 1 amide bonds. The van der Waals surface area contributed by atoms with Gasteiger partial charge in [-0.3, -0.25) is 24.6 Å². The average molecular weight is 380 g/mol. The molecule has 0 unspecified atom stereocenters. The van der Waals surface area contributed by atoms with Gasteiger partial charge in [-0.25, -0.2) is 5.43 Å². The van der Waals surface area contributed by atoms with Crippen LogP contribution in [0.25, 0.3) is 0 Å².